The molecule has 1 saturated heterocycles. The summed E-state index contributed by atoms with van der Waals surface area (Å²) in [4.78, 5) is 50.6. The number of hydrogen-bond acceptors (Lipinski definition) is 6. The molecule has 0 aliphatic carbocycles. The van der Waals surface area contributed by atoms with Gasteiger partial charge in [-0.15, -0.1) is 0 Å². The van der Waals surface area contributed by atoms with E-state index < -0.39 is 41.7 Å². The zero-order valence-electron chi connectivity index (χ0n) is 20.6. The van der Waals surface area contributed by atoms with Crippen LogP contribution in [-0.4, -0.2) is 50.4 Å². The fraction of sp³-hybridized carbons (Fsp3) is 0.320. The van der Waals surface area contributed by atoms with E-state index in [1.165, 1.54) is 30.3 Å². The summed E-state index contributed by atoms with van der Waals surface area (Å²) in [7, 11) is 3.26. The average Bonchev–Trinajstić information content (AvgIpc) is 3.30. The molecule has 3 aromatic rings. The van der Waals surface area contributed by atoms with Crippen molar-refractivity contribution in [3.05, 3.63) is 70.9 Å². The van der Waals surface area contributed by atoms with E-state index in [2.05, 4.69) is 15.3 Å². The lowest BCUT2D eigenvalue weighted by Crippen LogP contribution is -2.70. The average molecular weight is 528 g/mol. The zero-order chi connectivity index (χ0) is 26.9. The molecule has 194 valence electrons. The number of halogens is 2. The molecule has 1 aliphatic rings. The number of hydrogen-bond donors (Lipinski definition) is 2. The summed E-state index contributed by atoms with van der Waals surface area (Å²) in [6.45, 7) is 1.79. The molecule has 10 nitrogen and oxygen atoms in total. The number of nitrogen functional groups attached to an aromatic ring is 1. The fourth-order valence-corrected chi connectivity index (χ4v) is 4.78. The highest BCUT2D eigenvalue weighted by molar-refractivity contribution is 6.31. The molecule has 1 aromatic carbocycles. The molecule has 3 N–H and O–H groups in total. The summed E-state index contributed by atoms with van der Waals surface area (Å²) in [5.41, 5.74) is 6.87. The number of likely N-dealkylation sites (N-methyl/N-ethyl adjacent to an activating group) is 1. The number of anilines is 2. The number of nitrogens with one attached hydrogen (secondary N) is 1. The summed E-state index contributed by atoms with van der Waals surface area (Å²) in [6, 6.07) is 5.10. The molecule has 12 heteroatoms. The standard InChI is InChI=1S/C25H27ClFN7O3/c1-4-18(15-6-5-7-17(27)20(15)26)31-25(37)34-21(23(36)33(3)24-30-10-11-32(24)2)16(22(34)35)12-14-8-9-29-19(28)13-14/h5-11,13,16,18,21H,4,12H2,1-3H3,(H2,28,29)(H,31,37)/t16-,18?,21+/m1/s1. The molecule has 1 unspecified atom stereocenters. The number of likely N-dealkylation sites (tertiary alicyclic amines) is 1. The van der Waals surface area contributed by atoms with Crippen molar-refractivity contribution in [3.63, 3.8) is 0 Å². The maximum Gasteiger partial charge on any atom is 0.325 e. The van der Waals surface area contributed by atoms with Gasteiger partial charge in [-0.05, 0) is 42.2 Å². The van der Waals surface area contributed by atoms with Crippen molar-refractivity contribution < 1.29 is 18.8 Å². The number of pyridine rings is 1. The molecule has 1 fully saturated rings. The number of β-lactam (4-membered cyclic amide) rings is 1. The fourth-order valence-electron chi connectivity index (χ4n) is 4.52. The van der Waals surface area contributed by atoms with E-state index in [0.717, 1.165) is 4.90 Å². The lowest BCUT2D eigenvalue weighted by Gasteiger charge is -2.45. The minimum atomic E-state index is -1.09. The highest BCUT2D eigenvalue weighted by Gasteiger charge is 2.55. The van der Waals surface area contributed by atoms with Crippen LogP contribution in [0.15, 0.2) is 48.9 Å². The lowest BCUT2D eigenvalue weighted by atomic mass is 9.81. The third-order valence-corrected chi connectivity index (χ3v) is 6.87. The van der Waals surface area contributed by atoms with E-state index in [4.69, 9.17) is 17.3 Å². The van der Waals surface area contributed by atoms with E-state index in [-0.39, 0.29) is 17.3 Å². The van der Waals surface area contributed by atoms with E-state index in [1.807, 2.05) is 0 Å². The van der Waals surface area contributed by atoms with Gasteiger partial charge in [0.05, 0.1) is 17.0 Å². The molecule has 37 heavy (non-hydrogen) atoms. The van der Waals surface area contributed by atoms with Gasteiger partial charge in [0, 0.05) is 32.7 Å². The van der Waals surface area contributed by atoms with Gasteiger partial charge in [0.15, 0.2) is 0 Å². The highest BCUT2D eigenvalue weighted by Crippen LogP contribution is 2.34. The highest BCUT2D eigenvalue weighted by atomic mass is 35.5. The second kappa shape index (κ2) is 10.6. The van der Waals surface area contributed by atoms with Crippen LogP contribution >= 0.6 is 11.6 Å². The van der Waals surface area contributed by atoms with Gasteiger partial charge in [-0.3, -0.25) is 19.4 Å². The van der Waals surface area contributed by atoms with Gasteiger partial charge in [-0.25, -0.2) is 19.2 Å². The van der Waals surface area contributed by atoms with Gasteiger partial charge < -0.3 is 15.6 Å². The van der Waals surface area contributed by atoms with Gasteiger partial charge in [0.2, 0.25) is 11.9 Å². The molecule has 0 radical (unpaired) electrons. The summed E-state index contributed by atoms with van der Waals surface area (Å²) in [6.07, 6.45) is 5.31. The summed E-state index contributed by atoms with van der Waals surface area (Å²) in [5, 5.41) is 2.63. The number of carbonyl (C=O) groups excluding carboxylic acids is 3. The quantitative estimate of drug-likeness (QED) is 0.455. The Morgan fingerprint density at radius 2 is 2.03 bits per heavy atom. The Hall–Kier alpha value is -3.99. The number of carbonyl (C=O) groups is 3. The molecule has 0 saturated carbocycles. The molecule has 4 amide bonds. The van der Waals surface area contributed by atoms with Crippen LogP contribution in [0.3, 0.4) is 0 Å². The van der Waals surface area contributed by atoms with Crippen molar-refractivity contribution in [1.29, 1.82) is 0 Å². The number of aromatic nitrogens is 3. The van der Waals surface area contributed by atoms with E-state index in [1.54, 1.807) is 49.1 Å². The van der Waals surface area contributed by atoms with Crippen LogP contribution in [-0.2, 0) is 23.1 Å². The Balaban J connectivity index is 1.62. The number of nitrogens with two attached hydrogens (primary N) is 1. The molecule has 3 atom stereocenters. The molecule has 0 spiro atoms. The number of benzene rings is 1. The predicted molar refractivity (Wildman–Crippen MR) is 136 cm³/mol. The number of imide groups is 1. The van der Waals surface area contributed by atoms with Crippen LogP contribution in [0.5, 0.6) is 0 Å². The van der Waals surface area contributed by atoms with Gasteiger partial charge in [-0.1, -0.05) is 30.7 Å². The first-order valence-electron chi connectivity index (χ1n) is 11.7. The summed E-state index contributed by atoms with van der Waals surface area (Å²) >= 11 is 6.13. The van der Waals surface area contributed by atoms with Crippen molar-refractivity contribution in [3.8, 4) is 0 Å². The van der Waals surface area contributed by atoms with Gasteiger partial charge in [0.1, 0.15) is 17.7 Å². The van der Waals surface area contributed by atoms with Crippen LogP contribution in [0.4, 0.5) is 21.0 Å². The van der Waals surface area contributed by atoms with E-state index >= 15 is 0 Å². The van der Waals surface area contributed by atoms with Crippen LogP contribution in [0.2, 0.25) is 5.02 Å². The second-order valence-electron chi connectivity index (χ2n) is 8.84. The largest absolute Gasteiger partial charge is 0.384 e. The van der Waals surface area contributed by atoms with Crippen molar-refractivity contribution in [2.75, 3.05) is 17.7 Å². The lowest BCUT2D eigenvalue weighted by molar-refractivity contribution is -0.156. The third kappa shape index (κ3) is 4.99. The van der Waals surface area contributed by atoms with Crippen LogP contribution in [0.1, 0.15) is 30.5 Å². The zero-order valence-corrected chi connectivity index (χ0v) is 21.3. The SMILES string of the molecule is CCC(NC(=O)N1C(=O)[C@H](Cc2ccnc(N)c2)[C@H]1C(=O)N(C)c1nccn1C)c1cccc(F)c1Cl. The number of rotatable bonds is 7. The number of imidazole rings is 1. The topological polar surface area (TPSA) is 126 Å². The summed E-state index contributed by atoms with van der Waals surface area (Å²) in [5.74, 6) is -1.78. The first kappa shape index (κ1) is 26.1. The Kier molecular flexibility index (Phi) is 7.44. The molecule has 2 aromatic heterocycles. The van der Waals surface area contributed by atoms with Crippen molar-refractivity contribution in [1.82, 2.24) is 24.8 Å². The first-order valence-corrected chi connectivity index (χ1v) is 12.0. The van der Waals surface area contributed by atoms with Crippen LogP contribution in [0, 0.1) is 11.7 Å². The number of urea groups is 1. The first-order chi connectivity index (χ1) is 17.6. The van der Waals surface area contributed by atoms with Crippen molar-refractivity contribution in [2.24, 2.45) is 13.0 Å². The Labute approximate surface area is 218 Å². The maximum absolute atomic E-state index is 14.0. The molecule has 1 aliphatic heterocycles. The molecule has 3 heterocycles. The smallest absolute Gasteiger partial charge is 0.325 e. The minimum absolute atomic E-state index is 0.111. The molecule has 4 rings (SSSR count). The Morgan fingerprint density at radius 1 is 1.27 bits per heavy atom. The number of aryl methyl sites for hydroxylation is 1. The predicted octanol–water partition coefficient (Wildman–Crippen LogP) is 3.08. The number of amides is 4. The second-order valence-corrected chi connectivity index (χ2v) is 9.22. The van der Waals surface area contributed by atoms with Gasteiger partial charge in [-0.2, -0.15) is 0 Å². The van der Waals surface area contributed by atoms with E-state index in [0.29, 0.717) is 23.5 Å². The molecule has 0 bridgehead atoms. The monoisotopic (exact) mass is 527 g/mol. The summed E-state index contributed by atoms with van der Waals surface area (Å²) < 4.78 is 15.7. The normalized spacial score (nSPS) is 17.8. The van der Waals surface area contributed by atoms with Crippen molar-refractivity contribution in [2.45, 2.75) is 31.8 Å². The molecular formula is C25H27ClFN7O3. The van der Waals surface area contributed by atoms with Crippen LogP contribution < -0.4 is 16.0 Å². The van der Waals surface area contributed by atoms with E-state index in [9.17, 15) is 18.8 Å². The minimum Gasteiger partial charge on any atom is -0.384 e. The Bertz CT molecular complexity index is 1350. The van der Waals surface area contributed by atoms with Gasteiger partial charge in [0.25, 0.3) is 5.91 Å². The van der Waals surface area contributed by atoms with Crippen molar-refractivity contribution >= 4 is 41.2 Å². The maximum atomic E-state index is 14.0. The number of nitrogens with zero attached hydrogens (tertiary/aromatic N) is 5. The van der Waals surface area contributed by atoms with Gasteiger partial charge >= 0.3 is 6.03 Å². The third-order valence-electron chi connectivity index (χ3n) is 6.48. The van der Waals surface area contributed by atoms with Crippen LogP contribution in [0.25, 0.3) is 0 Å². The molecular weight excluding hydrogens is 501 g/mol. The Morgan fingerprint density at radius 3 is 2.68 bits per heavy atom.